The van der Waals surface area contributed by atoms with Gasteiger partial charge in [-0.05, 0) is 11.3 Å². The third-order valence-corrected chi connectivity index (χ3v) is 3.97. The van der Waals surface area contributed by atoms with Crippen molar-refractivity contribution in [3.05, 3.63) is 0 Å². The van der Waals surface area contributed by atoms with Crippen molar-refractivity contribution in [1.82, 2.24) is 4.72 Å². The minimum Gasteiger partial charge on any atom is -0.395 e. The van der Waals surface area contributed by atoms with Crippen LogP contribution in [0.3, 0.4) is 0 Å². The molecule has 0 fully saturated rings. The van der Waals surface area contributed by atoms with E-state index in [1.54, 1.807) is 0 Å². The van der Waals surface area contributed by atoms with Gasteiger partial charge in [0, 0.05) is 6.54 Å². The summed E-state index contributed by atoms with van der Waals surface area (Å²) in [4.78, 5) is 0. The van der Waals surface area contributed by atoms with Crippen LogP contribution in [0.5, 0.6) is 0 Å². The summed E-state index contributed by atoms with van der Waals surface area (Å²) in [5, 5.41) is 8.52. The highest BCUT2D eigenvalue weighted by Gasteiger charge is 2.24. The van der Waals surface area contributed by atoms with Crippen LogP contribution in [0.25, 0.3) is 0 Å². The molecule has 0 spiro atoms. The van der Waals surface area contributed by atoms with Crippen LogP contribution in [0, 0.1) is 11.3 Å². The Morgan fingerprint density at radius 2 is 1.86 bits per heavy atom. The lowest BCUT2D eigenvalue weighted by Crippen LogP contribution is -2.38. The highest BCUT2D eigenvalue weighted by molar-refractivity contribution is 7.89. The third-order valence-electron chi connectivity index (χ3n) is 2.67. The van der Waals surface area contributed by atoms with E-state index in [9.17, 15) is 8.42 Å². The summed E-state index contributed by atoms with van der Waals surface area (Å²) in [6.45, 7) is 8.21. The lowest BCUT2D eigenvalue weighted by Gasteiger charge is -2.29. The van der Waals surface area contributed by atoms with Gasteiger partial charge in [0.05, 0.1) is 12.4 Å². The molecule has 0 heterocycles. The number of hydrogen-bond acceptors (Lipinski definition) is 3. The second-order valence-electron chi connectivity index (χ2n) is 4.51. The first-order chi connectivity index (χ1) is 6.21. The molecule has 0 aromatic heterocycles. The quantitative estimate of drug-likeness (QED) is 0.692. The van der Waals surface area contributed by atoms with Crippen molar-refractivity contribution in [3.63, 3.8) is 0 Å². The lowest BCUT2D eigenvalue weighted by molar-refractivity contribution is 0.251. The van der Waals surface area contributed by atoms with Crippen LogP contribution in [0.2, 0.25) is 0 Å². The molecule has 0 saturated carbocycles. The molecule has 0 amide bonds. The fourth-order valence-corrected chi connectivity index (χ4v) is 1.67. The first-order valence-electron chi connectivity index (χ1n) is 4.79. The van der Waals surface area contributed by atoms with Crippen molar-refractivity contribution in [2.45, 2.75) is 27.7 Å². The average Bonchev–Trinajstić information content (AvgIpc) is 2.01. The number of aliphatic hydroxyl groups excluding tert-OH is 1. The second kappa shape index (κ2) is 5.09. The Kier molecular flexibility index (Phi) is 5.05. The third kappa shape index (κ3) is 4.93. The van der Waals surface area contributed by atoms with Gasteiger partial charge in [-0.25, -0.2) is 13.1 Å². The van der Waals surface area contributed by atoms with Crippen LogP contribution in [-0.2, 0) is 10.0 Å². The Morgan fingerprint density at radius 1 is 1.36 bits per heavy atom. The monoisotopic (exact) mass is 223 g/mol. The summed E-state index contributed by atoms with van der Waals surface area (Å²) >= 11 is 0. The topological polar surface area (TPSA) is 66.4 Å². The van der Waals surface area contributed by atoms with Crippen LogP contribution in [0.1, 0.15) is 27.7 Å². The van der Waals surface area contributed by atoms with E-state index in [2.05, 4.69) is 18.6 Å². The van der Waals surface area contributed by atoms with Crippen LogP contribution < -0.4 is 4.72 Å². The van der Waals surface area contributed by atoms with Gasteiger partial charge in [0.25, 0.3) is 0 Å². The summed E-state index contributed by atoms with van der Waals surface area (Å²) in [6, 6.07) is 0. The molecular formula is C9H21NO3S. The Bertz CT molecular complexity index is 257. The Labute approximate surface area is 86.8 Å². The predicted molar refractivity (Wildman–Crippen MR) is 57.5 cm³/mol. The van der Waals surface area contributed by atoms with Gasteiger partial charge in [-0.2, -0.15) is 0 Å². The maximum absolute atomic E-state index is 11.2. The fourth-order valence-electron chi connectivity index (χ4n) is 0.692. The van der Waals surface area contributed by atoms with E-state index < -0.39 is 10.0 Å². The van der Waals surface area contributed by atoms with Crippen LogP contribution >= 0.6 is 0 Å². The first kappa shape index (κ1) is 13.9. The van der Waals surface area contributed by atoms with Crippen LogP contribution in [0.15, 0.2) is 0 Å². The van der Waals surface area contributed by atoms with Gasteiger partial charge in [0.2, 0.25) is 10.0 Å². The molecule has 0 saturated heterocycles. The number of sulfonamides is 1. The lowest BCUT2D eigenvalue weighted by atomic mass is 9.81. The number of rotatable bonds is 6. The van der Waals surface area contributed by atoms with E-state index in [1.165, 1.54) is 0 Å². The van der Waals surface area contributed by atoms with Crippen LogP contribution in [0.4, 0.5) is 0 Å². The molecule has 4 nitrogen and oxygen atoms in total. The molecule has 0 aromatic rings. The molecular weight excluding hydrogens is 202 g/mol. The average molecular weight is 223 g/mol. The maximum Gasteiger partial charge on any atom is 0.213 e. The number of aliphatic hydroxyl groups is 1. The summed E-state index contributed by atoms with van der Waals surface area (Å²) in [5.41, 5.74) is -0.0669. The highest BCUT2D eigenvalue weighted by Crippen LogP contribution is 2.24. The standard InChI is InChI=1S/C9H21NO3S/c1-8(2)9(3,4)7-10-14(12,13)6-5-11/h8,10-11H,5-7H2,1-4H3. The van der Waals surface area contributed by atoms with Gasteiger partial charge in [0.1, 0.15) is 0 Å². The molecule has 0 aliphatic rings. The SMILES string of the molecule is CC(C)C(C)(C)CNS(=O)(=O)CCO. The van der Waals surface area contributed by atoms with E-state index in [-0.39, 0.29) is 17.8 Å². The molecule has 0 aliphatic carbocycles. The zero-order chi connectivity index (χ0) is 11.4. The number of nitrogens with one attached hydrogen (secondary N) is 1. The van der Waals surface area contributed by atoms with E-state index in [4.69, 9.17) is 5.11 Å². The van der Waals surface area contributed by atoms with Gasteiger partial charge in [-0.3, -0.25) is 0 Å². The molecule has 14 heavy (non-hydrogen) atoms. The fraction of sp³-hybridized carbons (Fsp3) is 1.00. The highest BCUT2D eigenvalue weighted by atomic mass is 32.2. The van der Waals surface area contributed by atoms with Gasteiger partial charge < -0.3 is 5.11 Å². The molecule has 0 unspecified atom stereocenters. The number of hydrogen-bond donors (Lipinski definition) is 2. The largest absolute Gasteiger partial charge is 0.395 e. The van der Waals surface area contributed by atoms with Crippen molar-refractivity contribution in [2.75, 3.05) is 18.9 Å². The zero-order valence-corrected chi connectivity index (χ0v) is 10.2. The van der Waals surface area contributed by atoms with Crippen molar-refractivity contribution >= 4 is 10.0 Å². The van der Waals surface area contributed by atoms with E-state index >= 15 is 0 Å². The molecule has 2 N–H and O–H groups in total. The van der Waals surface area contributed by atoms with E-state index in [0.717, 1.165) is 0 Å². The molecule has 0 rings (SSSR count). The van der Waals surface area contributed by atoms with Crippen molar-refractivity contribution in [1.29, 1.82) is 0 Å². The molecule has 0 radical (unpaired) electrons. The smallest absolute Gasteiger partial charge is 0.213 e. The Morgan fingerprint density at radius 3 is 2.21 bits per heavy atom. The summed E-state index contributed by atoms with van der Waals surface area (Å²) in [5.74, 6) is 0.181. The molecule has 0 bridgehead atoms. The van der Waals surface area contributed by atoms with Crippen molar-refractivity contribution in [3.8, 4) is 0 Å². The molecule has 5 heteroatoms. The molecule has 0 aromatic carbocycles. The summed E-state index contributed by atoms with van der Waals surface area (Å²) < 4.78 is 25.0. The van der Waals surface area contributed by atoms with Gasteiger partial charge in [0.15, 0.2) is 0 Å². The van der Waals surface area contributed by atoms with Gasteiger partial charge in [-0.15, -0.1) is 0 Å². The van der Waals surface area contributed by atoms with Crippen molar-refractivity contribution < 1.29 is 13.5 Å². The van der Waals surface area contributed by atoms with Gasteiger partial charge >= 0.3 is 0 Å². The Hall–Kier alpha value is -0.130. The summed E-state index contributed by atoms with van der Waals surface area (Å²) in [7, 11) is -3.30. The Balaban J connectivity index is 4.19. The normalized spacial score (nSPS) is 13.6. The predicted octanol–water partition coefficient (Wildman–Crippen LogP) is 0.580. The maximum atomic E-state index is 11.2. The molecule has 86 valence electrons. The molecule has 0 atom stereocenters. The zero-order valence-electron chi connectivity index (χ0n) is 9.37. The van der Waals surface area contributed by atoms with Crippen LogP contribution in [-0.4, -0.2) is 32.4 Å². The van der Waals surface area contributed by atoms with Gasteiger partial charge in [-0.1, -0.05) is 27.7 Å². The van der Waals surface area contributed by atoms with E-state index in [1.807, 2.05) is 13.8 Å². The first-order valence-corrected chi connectivity index (χ1v) is 6.45. The minimum absolute atomic E-state index is 0.0669. The van der Waals surface area contributed by atoms with Crippen molar-refractivity contribution in [2.24, 2.45) is 11.3 Å². The molecule has 0 aliphatic heterocycles. The van der Waals surface area contributed by atoms with E-state index in [0.29, 0.717) is 12.5 Å². The minimum atomic E-state index is -3.30. The summed E-state index contributed by atoms with van der Waals surface area (Å²) in [6.07, 6.45) is 0. The second-order valence-corrected chi connectivity index (χ2v) is 6.43.